The Kier molecular flexibility index (Phi) is 6.12. The summed E-state index contributed by atoms with van der Waals surface area (Å²) in [4.78, 5) is 19.4. The van der Waals surface area contributed by atoms with Gasteiger partial charge in [0.1, 0.15) is 11.5 Å². The molecule has 6 nitrogen and oxygen atoms in total. The molecule has 3 rings (SSSR count). The van der Waals surface area contributed by atoms with Crippen molar-refractivity contribution in [1.82, 2.24) is 20.1 Å². The van der Waals surface area contributed by atoms with Crippen LogP contribution in [-0.4, -0.2) is 53.4 Å². The highest BCUT2D eigenvalue weighted by molar-refractivity contribution is 5.77. The van der Waals surface area contributed by atoms with Crippen molar-refractivity contribution in [1.29, 1.82) is 0 Å². The molecule has 0 saturated carbocycles. The Balaban J connectivity index is 1.45. The van der Waals surface area contributed by atoms with Gasteiger partial charge in [-0.3, -0.25) is 19.6 Å². The lowest BCUT2D eigenvalue weighted by atomic mass is 10.1. The van der Waals surface area contributed by atoms with Crippen molar-refractivity contribution in [2.24, 2.45) is 0 Å². The second-order valence-corrected chi connectivity index (χ2v) is 6.42. The van der Waals surface area contributed by atoms with Gasteiger partial charge < -0.3 is 9.73 Å². The fourth-order valence-corrected chi connectivity index (χ4v) is 3.03. The minimum Gasteiger partial charge on any atom is -0.467 e. The first-order valence-electron chi connectivity index (χ1n) is 8.66. The van der Waals surface area contributed by atoms with Gasteiger partial charge in [-0.15, -0.1) is 0 Å². The van der Waals surface area contributed by atoms with Gasteiger partial charge in [0.15, 0.2) is 0 Å². The van der Waals surface area contributed by atoms with Crippen LogP contribution < -0.4 is 5.32 Å². The summed E-state index contributed by atoms with van der Waals surface area (Å²) >= 11 is 0. The Morgan fingerprint density at radius 1 is 1.15 bits per heavy atom. The molecule has 0 spiro atoms. The van der Waals surface area contributed by atoms with Crippen molar-refractivity contribution in [3.05, 3.63) is 53.7 Å². The third kappa shape index (κ3) is 5.54. The zero-order chi connectivity index (χ0) is 19.3. The molecule has 2 aromatic heterocycles. The fourth-order valence-electron chi connectivity index (χ4n) is 3.03. The van der Waals surface area contributed by atoms with Gasteiger partial charge in [0.2, 0.25) is 5.91 Å². The lowest BCUT2D eigenvalue weighted by Gasteiger charge is -2.34. The van der Waals surface area contributed by atoms with E-state index in [0.717, 1.165) is 6.20 Å². The molecular formula is C18H21F3N4O2. The number of pyridine rings is 1. The molecule has 0 bridgehead atoms. The van der Waals surface area contributed by atoms with Crippen molar-refractivity contribution in [3.63, 3.8) is 0 Å². The summed E-state index contributed by atoms with van der Waals surface area (Å²) in [5, 5.41) is 2.79. The van der Waals surface area contributed by atoms with Crippen molar-refractivity contribution in [3.8, 4) is 0 Å². The van der Waals surface area contributed by atoms with Gasteiger partial charge in [-0.05, 0) is 23.8 Å². The second-order valence-electron chi connectivity index (χ2n) is 6.42. The van der Waals surface area contributed by atoms with Crippen LogP contribution >= 0.6 is 0 Å². The molecule has 146 valence electrons. The van der Waals surface area contributed by atoms with Gasteiger partial charge in [0, 0.05) is 38.9 Å². The number of rotatable bonds is 6. The first-order valence-corrected chi connectivity index (χ1v) is 8.66. The number of carbonyl (C=O) groups is 1. The van der Waals surface area contributed by atoms with E-state index in [-0.39, 0.29) is 24.6 Å². The van der Waals surface area contributed by atoms with E-state index in [2.05, 4.69) is 10.3 Å². The summed E-state index contributed by atoms with van der Waals surface area (Å²) in [6.07, 6.45) is -1.75. The molecule has 0 aliphatic carbocycles. The highest BCUT2D eigenvalue weighted by Gasteiger charge is 2.35. The van der Waals surface area contributed by atoms with Crippen molar-refractivity contribution >= 4 is 5.91 Å². The molecule has 0 atom stereocenters. The molecule has 1 fully saturated rings. The number of alkyl halides is 3. The number of hydrogen-bond acceptors (Lipinski definition) is 5. The minimum atomic E-state index is -4.45. The Bertz CT molecular complexity index is 741. The highest BCUT2D eigenvalue weighted by atomic mass is 19.4. The Morgan fingerprint density at radius 3 is 2.56 bits per heavy atom. The first-order chi connectivity index (χ1) is 12.9. The SMILES string of the molecule is O=C(CN1CCN(Cc2cccnc2C(F)(F)F)CC1)NCc1ccco1. The zero-order valence-corrected chi connectivity index (χ0v) is 14.7. The van der Waals surface area contributed by atoms with E-state index in [0.29, 0.717) is 38.5 Å². The quantitative estimate of drug-likeness (QED) is 0.829. The standard InChI is InChI=1S/C18H21F3N4O2/c19-18(20,21)17-14(3-1-5-22-17)12-24-6-8-25(9-7-24)13-16(26)23-11-15-4-2-10-27-15/h1-5,10H,6-9,11-13H2,(H,23,26). The summed E-state index contributed by atoms with van der Waals surface area (Å²) in [5.41, 5.74) is -0.653. The largest absolute Gasteiger partial charge is 0.467 e. The summed E-state index contributed by atoms with van der Waals surface area (Å²) < 4.78 is 44.3. The van der Waals surface area contributed by atoms with Gasteiger partial charge in [-0.1, -0.05) is 6.07 Å². The number of nitrogens with one attached hydrogen (secondary N) is 1. The van der Waals surface area contributed by atoms with Crippen molar-refractivity contribution in [2.75, 3.05) is 32.7 Å². The van der Waals surface area contributed by atoms with E-state index < -0.39 is 11.9 Å². The molecule has 3 heterocycles. The lowest BCUT2D eigenvalue weighted by Crippen LogP contribution is -2.49. The minimum absolute atomic E-state index is 0.105. The van der Waals surface area contributed by atoms with E-state index in [9.17, 15) is 18.0 Å². The lowest BCUT2D eigenvalue weighted by molar-refractivity contribution is -0.142. The van der Waals surface area contributed by atoms with E-state index in [1.807, 2.05) is 9.80 Å². The number of hydrogen-bond donors (Lipinski definition) is 1. The zero-order valence-electron chi connectivity index (χ0n) is 14.7. The molecule has 27 heavy (non-hydrogen) atoms. The van der Waals surface area contributed by atoms with Crippen LogP contribution in [-0.2, 0) is 24.1 Å². The van der Waals surface area contributed by atoms with Crippen LogP contribution in [0, 0.1) is 0 Å². The average molecular weight is 382 g/mol. The van der Waals surface area contributed by atoms with E-state index in [1.165, 1.54) is 12.1 Å². The molecule has 1 N–H and O–H groups in total. The van der Waals surface area contributed by atoms with Gasteiger partial charge in [-0.2, -0.15) is 13.2 Å². The van der Waals surface area contributed by atoms with Crippen LogP contribution in [0.5, 0.6) is 0 Å². The molecule has 1 saturated heterocycles. The monoisotopic (exact) mass is 382 g/mol. The van der Waals surface area contributed by atoms with E-state index in [1.54, 1.807) is 18.4 Å². The molecule has 1 amide bonds. The Labute approximate surface area is 155 Å². The van der Waals surface area contributed by atoms with Crippen molar-refractivity contribution in [2.45, 2.75) is 19.3 Å². The molecule has 9 heteroatoms. The molecule has 0 aromatic carbocycles. The fraction of sp³-hybridized carbons (Fsp3) is 0.444. The summed E-state index contributed by atoms with van der Waals surface area (Å²) in [6, 6.07) is 6.52. The van der Waals surface area contributed by atoms with Crippen LogP contribution in [0.2, 0.25) is 0 Å². The average Bonchev–Trinajstić information content (AvgIpc) is 3.15. The number of furan rings is 1. The third-order valence-corrected chi connectivity index (χ3v) is 4.43. The van der Waals surface area contributed by atoms with Crippen LogP contribution in [0.4, 0.5) is 13.2 Å². The van der Waals surface area contributed by atoms with Gasteiger partial charge >= 0.3 is 6.18 Å². The molecule has 1 aliphatic heterocycles. The molecule has 1 aliphatic rings. The number of halogens is 3. The topological polar surface area (TPSA) is 61.6 Å². The molecule has 0 unspecified atom stereocenters. The number of amides is 1. The van der Waals surface area contributed by atoms with Crippen molar-refractivity contribution < 1.29 is 22.4 Å². The van der Waals surface area contributed by atoms with Crippen LogP contribution in [0.1, 0.15) is 17.0 Å². The van der Waals surface area contributed by atoms with Gasteiger partial charge in [-0.25, -0.2) is 0 Å². The van der Waals surface area contributed by atoms with Crippen LogP contribution in [0.25, 0.3) is 0 Å². The molecule has 0 radical (unpaired) electrons. The first kappa shape index (κ1) is 19.4. The molecule has 2 aromatic rings. The van der Waals surface area contributed by atoms with Gasteiger partial charge in [0.25, 0.3) is 0 Å². The van der Waals surface area contributed by atoms with Crippen LogP contribution in [0.3, 0.4) is 0 Å². The van der Waals surface area contributed by atoms with Crippen LogP contribution in [0.15, 0.2) is 41.1 Å². The number of piperazine rings is 1. The predicted molar refractivity (Wildman–Crippen MR) is 91.5 cm³/mol. The number of carbonyl (C=O) groups excluding carboxylic acids is 1. The normalized spacial score (nSPS) is 16.4. The Hall–Kier alpha value is -2.39. The summed E-state index contributed by atoms with van der Waals surface area (Å²) in [6.45, 7) is 3.23. The van der Waals surface area contributed by atoms with E-state index >= 15 is 0 Å². The second kappa shape index (κ2) is 8.53. The third-order valence-electron chi connectivity index (χ3n) is 4.43. The van der Waals surface area contributed by atoms with E-state index in [4.69, 9.17) is 4.42 Å². The number of aromatic nitrogens is 1. The Morgan fingerprint density at radius 2 is 1.89 bits per heavy atom. The highest BCUT2D eigenvalue weighted by Crippen LogP contribution is 2.30. The molecular weight excluding hydrogens is 361 g/mol. The summed E-state index contributed by atoms with van der Waals surface area (Å²) in [5.74, 6) is 0.580. The number of nitrogens with zero attached hydrogens (tertiary/aromatic N) is 3. The van der Waals surface area contributed by atoms with Gasteiger partial charge in [0.05, 0.1) is 19.4 Å². The maximum atomic E-state index is 13.0. The maximum Gasteiger partial charge on any atom is 0.433 e. The smallest absolute Gasteiger partial charge is 0.433 e. The predicted octanol–water partition coefficient (Wildman–Crippen LogP) is 2.13. The summed E-state index contributed by atoms with van der Waals surface area (Å²) in [7, 11) is 0. The maximum absolute atomic E-state index is 13.0.